The summed E-state index contributed by atoms with van der Waals surface area (Å²) in [6.45, 7) is -0.989. The Morgan fingerprint density at radius 2 is 2.00 bits per heavy atom. The number of nitrogens with one attached hydrogen (secondary N) is 1. The number of hydrogen-bond acceptors (Lipinski definition) is 6. The maximum absolute atomic E-state index is 12.1. The zero-order valence-corrected chi connectivity index (χ0v) is 11.0. The number of aliphatic hydroxyl groups is 2. The molecule has 0 amide bonds. The largest absolute Gasteiger partial charge is 0.469 e. The van der Waals surface area contributed by atoms with Crippen LogP contribution in [-0.4, -0.2) is 56.2 Å². The van der Waals surface area contributed by atoms with Crippen molar-refractivity contribution in [2.45, 2.75) is 30.6 Å². The number of carbonyl (C=O) groups excluding carboxylic acids is 1. The normalized spacial score (nSPS) is 24.4. The maximum Gasteiger partial charge on any atom is 0.310 e. The minimum absolute atomic E-state index is 0.374. The molecule has 2 unspecified atom stereocenters. The molecule has 0 spiro atoms. The molecule has 0 aliphatic heterocycles. The van der Waals surface area contributed by atoms with E-state index in [4.69, 9.17) is 10.2 Å². The van der Waals surface area contributed by atoms with E-state index in [-0.39, 0.29) is 0 Å². The lowest BCUT2D eigenvalue weighted by Gasteiger charge is -2.21. The van der Waals surface area contributed by atoms with Crippen molar-refractivity contribution in [2.75, 3.05) is 20.3 Å². The lowest BCUT2D eigenvalue weighted by atomic mass is 10.1. The molecular weight excluding hydrogens is 262 g/mol. The van der Waals surface area contributed by atoms with Crippen molar-refractivity contribution in [2.24, 2.45) is 5.92 Å². The van der Waals surface area contributed by atoms with Crippen LogP contribution in [0.4, 0.5) is 0 Å². The minimum atomic E-state index is -3.76. The maximum atomic E-state index is 12.1. The second-order valence-electron chi connectivity index (χ2n) is 4.32. The van der Waals surface area contributed by atoms with Crippen molar-refractivity contribution in [1.82, 2.24) is 4.72 Å². The van der Waals surface area contributed by atoms with Crippen LogP contribution in [0.2, 0.25) is 0 Å². The van der Waals surface area contributed by atoms with E-state index in [1.807, 2.05) is 0 Å². The molecule has 0 radical (unpaired) electrons. The third-order valence-corrected chi connectivity index (χ3v) is 5.15. The highest BCUT2D eigenvalue weighted by Crippen LogP contribution is 2.31. The topological polar surface area (TPSA) is 113 Å². The monoisotopic (exact) mass is 281 g/mol. The number of esters is 1. The van der Waals surface area contributed by atoms with Crippen LogP contribution in [-0.2, 0) is 19.6 Å². The molecule has 1 aliphatic carbocycles. The molecule has 18 heavy (non-hydrogen) atoms. The molecule has 1 aliphatic rings. The molecular formula is C10H19NO6S. The number of hydrogen-bond donors (Lipinski definition) is 3. The highest BCUT2D eigenvalue weighted by Gasteiger charge is 2.42. The highest BCUT2D eigenvalue weighted by molar-refractivity contribution is 7.90. The summed E-state index contributed by atoms with van der Waals surface area (Å²) in [6, 6.07) is -0.936. The Labute approximate surface area is 106 Å². The van der Waals surface area contributed by atoms with Crippen LogP contribution < -0.4 is 4.72 Å². The third-order valence-electron chi connectivity index (χ3n) is 3.13. The Balaban J connectivity index is 2.80. The molecule has 1 saturated carbocycles. The van der Waals surface area contributed by atoms with Gasteiger partial charge in [0.15, 0.2) is 0 Å². The van der Waals surface area contributed by atoms with Gasteiger partial charge in [0.1, 0.15) is 0 Å². The Morgan fingerprint density at radius 3 is 2.50 bits per heavy atom. The molecule has 3 N–H and O–H groups in total. The standard InChI is InChI=1S/C10H19NO6S/c1-17-10(14)8-3-2-4-9(8)18(15,16)11-7(5-12)6-13/h7-9,11-13H,2-6H2,1H3. The average Bonchev–Trinajstić information content (AvgIpc) is 2.85. The second-order valence-corrected chi connectivity index (χ2v) is 6.26. The van der Waals surface area contributed by atoms with Gasteiger partial charge in [-0.05, 0) is 12.8 Å². The SMILES string of the molecule is COC(=O)C1CCCC1S(=O)(=O)NC(CO)CO. The molecule has 0 heterocycles. The lowest BCUT2D eigenvalue weighted by Crippen LogP contribution is -2.46. The van der Waals surface area contributed by atoms with Crippen LogP contribution >= 0.6 is 0 Å². The van der Waals surface area contributed by atoms with E-state index in [2.05, 4.69) is 9.46 Å². The van der Waals surface area contributed by atoms with E-state index in [0.717, 1.165) is 0 Å². The van der Waals surface area contributed by atoms with Crippen molar-refractivity contribution in [3.63, 3.8) is 0 Å². The molecule has 1 rings (SSSR count). The first-order chi connectivity index (χ1) is 8.46. The smallest absolute Gasteiger partial charge is 0.310 e. The molecule has 0 aromatic rings. The van der Waals surface area contributed by atoms with Gasteiger partial charge in [-0.15, -0.1) is 0 Å². The summed E-state index contributed by atoms with van der Waals surface area (Å²) in [4.78, 5) is 11.5. The van der Waals surface area contributed by atoms with E-state index in [9.17, 15) is 13.2 Å². The second kappa shape index (κ2) is 6.46. The lowest BCUT2D eigenvalue weighted by molar-refractivity contribution is -0.145. The van der Waals surface area contributed by atoms with Crippen LogP contribution in [0, 0.1) is 5.92 Å². The summed E-state index contributed by atoms with van der Waals surface area (Å²) >= 11 is 0. The van der Waals surface area contributed by atoms with Gasteiger partial charge in [0.25, 0.3) is 0 Å². The molecule has 8 heteroatoms. The zero-order chi connectivity index (χ0) is 13.8. The fourth-order valence-corrected chi connectivity index (χ4v) is 4.12. The van der Waals surface area contributed by atoms with Gasteiger partial charge < -0.3 is 14.9 Å². The fourth-order valence-electron chi connectivity index (χ4n) is 2.17. The summed E-state index contributed by atoms with van der Waals surface area (Å²) in [6.07, 6.45) is 1.48. The third kappa shape index (κ3) is 3.41. The Kier molecular flexibility index (Phi) is 5.51. The predicted octanol–water partition coefficient (Wildman–Crippen LogP) is -1.40. The van der Waals surface area contributed by atoms with Crippen molar-refractivity contribution in [3.05, 3.63) is 0 Å². The van der Waals surface area contributed by atoms with Crippen molar-refractivity contribution in [3.8, 4) is 0 Å². The van der Waals surface area contributed by atoms with Crippen molar-refractivity contribution in [1.29, 1.82) is 0 Å². The van der Waals surface area contributed by atoms with Gasteiger partial charge in [0.05, 0.1) is 37.5 Å². The first kappa shape index (κ1) is 15.4. The molecule has 2 atom stereocenters. The number of ether oxygens (including phenoxy) is 1. The Hall–Kier alpha value is -0.700. The number of carbonyl (C=O) groups is 1. The summed E-state index contributed by atoms with van der Waals surface area (Å²) in [5, 5.41) is 16.9. The molecule has 1 fully saturated rings. The molecule has 106 valence electrons. The van der Waals surface area contributed by atoms with E-state index in [1.54, 1.807) is 0 Å². The summed E-state index contributed by atoms with van der Waals surface area (Å²) in [5.74, 6) is -1.21. The number of rotatable bonds is 6. The summed E-state index contributed by atoms with van der Waals surface area (Å²) < 4.78 is 30.9. The fraction of sp³-hybridized carbons (Fsp3) is 0.900. The van der Waals surface area contributed by atoms with E-state index >= 15 is 0 Å². The molecule has 0 aromatic carbocycles. The van der Waals surface area contributed by atoms with Gasteiger partial charge in [-0.25, -0.2) is 13.1 Å². The van der Waals surface area contributed by atoms with Gasteiger partial charge in [-0.1, -0.05) is 6.42 Å². The van der Waals surface area contributed by atoms with Gasteiger partial charge in [0.2, 0.25) is 10.0 Å². The van der Waals surface area contributed by atoms with Gasteiger partial charge in [-0.2, -0.15) is 0 Å². The van der Waals surface area contributed by atoms with E-state index < -0.39 is 46.4 Å². The van der Waals surface area contributed by atoms with Gasteiger partial charge in [-0.3, -0.25) is 4.79 Å². The van der Waals surface area contributed by atoms with Crippen molar-refractivity contribution < 1.29 is 28.2 Å². The van der Waals surface area contributed by atoms with Crippen LogP contribution in [0.15, 0.2) is 0 Å². The van der Waals surface area contributed by atoms with E-state index in [1.165, 1.54) is 7.11 Å². The van der Waals surface area contributed by atoms with E-state index in [0.29, 0.717) is 19.3 Å². The van der Waals surface area contributed by atoms with Gasteiger partial charge in [0, 0.05) is 0 Å². The number of methoxy groups -OCH3 is 1. The van der Waals surface area contributed by atoms with Crippen LogP contribution in [0.25, 0.3) is 0 Å². The number of sulfonamides is 1. The van der Waals surface area contributed by atoms with Crippen molar-refractivity contribution >= 4 is 16.0 Å². The Morgan fingerprint density at radius 1 is 1.39 bits per heavy atom. The molecule has 0 aromatic heterocycles. The first-order valence-electron chi connectivity index (χ1n) is 5.77. The van der Waals surface area contributed by atoms with Crippen LogP contribution in [0.3, 0.4) is 0 Å². The molecule has 0 saturated heterocycles. The summed E-state index contributed by atoms with van der Waals surface area (Å²) in [5.41, 5.74) is 0. The van der Waals surface area contributed by atoms with Gasteiger partial charge >= 0.3 is 5.97 Å². The van der Waals surface area contributed by atoms with Crippen LogP contribution in [0.1, 0.15) is 19.3 Å². The predicted molar refractivity (Wildman–Crippen MR) is 63.2 cm³/mol. The minimum Gasteiger partial charge on any atom is -0.469 e. The number of aliphatic hydroxyl groups excluding tert-OH is 2. The summed E-state index contributed by atoms with van der Waals surface area (Å²) in [7, 11) is -2.53. The Bertz CT molecular complexity index is 378. The quantitative estimate of drug-likeness (QED) is 0.516. The van der Waals surface area contributed by atoms with Crippen LogP contribution in [0.5, 0.6) is 0 Å². The first-order valence-corrected chi connectivity index (χ1v) is 7.31. The molecule has 0 bridgehead atoms. The molecule has 7 nitrogen and oxygen atoms in total. The zero-order valence-electron chi connectivity index (χ0n) is 10.2. The highest BCUT2D eigenvalue weighted by atomic mass is 32.2. The average molecular weight is 281 g/mol.